The summed E-state index contributed by atoms with van der Waals surface area (Å²) in [6.07, 6.45) is -3.07. The topological polar surface area (TPSA) is 91.4 Å². The van der Waals surface area contributed by atoms with Crippen molar-refractivity contribution in [2.45, 2.75) is 26.0 Å². The van der Waals surface area contributed by atoms with Crippen LogP contribution in [0.15, 0.2) is 0 Å². The van der Waals surface area contributed by atoms with Crippen molar-refractivity contribution in [2.24, 2.45) is 5.92 Å². The highest BCUT2D eigenvalue weighted by molar-refractivity contribution is 8.41. The molecule has 0 radical (unpaired) electrons. The molecule has 0 aliphatic carbocycles. The largest absolute Gasteiger partial charge is 0.508 e. The summed E-state index contributed by atoms with van der Waals surface area (Å²) in [5.74, 6) is -1.13. The number of hydrogen-bond donors (Lipinski definition) is 1. The Morgan fingerprint density at radius 3 is 2.10 bits per heavy atom. The monoisotopic (exact) mass is 615 g/mol. The van der Waals surface area contributed by atoms with E-state index in [1.807, 2.05) is 0 Å². The Balaban J connectivity index is 2.58. The lowest BCUT2D eigenvalue weighted by molar-refractivity contribution is -0.158. The van der Waals surface area contributed by atoms with Crippen LogP contribution in [0.3, 0.4) is 0 Å². The molecule has 1 rings (SSSR count). The average molecular weight is 618 g/mol. The molecule has 1 amide bonds. The van der Waals surface area contributed by atoms with Crippen molar-refractivity contribution in [3.05, 3.63) is 0 Å². The Bertz CT molecular complexity index is 690. The second-order valence-corrected chi connectivity index (χ2v) is 13.7. The number of hydrogen-bond acceptors (Lipinski definition) is 9. The molecule has 0 aromatic rings. The van der Waals surface area contributed by atoms with Crippen LogP contribution in [0.5, 0.6) is 0 Å². The minimum atomic E-state index is -1.80. The highest BCUT2D eigenvalue weighted by Crippen LogP contribution is 2.39. The molecule has 8 nitrogen and oxygen atoms in total. The zero-order chi connectivity index (χ0) is 24.0. The molecule has 1 saturated heterocycles. The molecule has 1 aliphatic rings. The molecule has 178 valence electrons. The van der Waals surface area contributed by atoms with E-state index in [4.69, 9.17) is 91.3 Å². The van der Waals surface area contributed by atoms with Gasteiger partial charge in [0.15, 0.2) is 0 Å². The van der Waals surface area contributed by atoms with Crippen LogP contribution >= 0.6 is 106 Å². The van der Waals surface area contributed by atoms with E-state index < -0.39 is 50.5 Å². The van der Waals surface area contributed by atoms with Crippen molar-refractivity contribution in [3.8, 4) is 0 Å². The Morgan fingerprint density at radius 2 is 1.61 bits per heavy atom. The second-order valence-electron chi connectivity index (χ2n) is 5.81. The summed E-state index contributed by atoms with van der Waals surface area (Å²) in [5, 5.41) is -0.533. The number of nitrogens with zero attached hydrogens (tertiary/aromatic N) is 1. The number of ether oxygens (including phenoxy) is 4. The van der Waals surface area contributed by atoms with E-state index in [0.29, 0.717) is 0 Å². The fourth-order valence-electron chi connectivity index (χ4n) is 2.27. The number of rotatable bonds is 8. The molecular weight excluding hydrogens is 603 g/mol. The minimum Gasteiger partial charge on any atom is -0.432 e. The first-order valence-electron chi connectivity index (χ1n) is 8.07. The van der Waals surface area contributed by atoms with Gasteiger partial charge < -0.3 is 23.8 Å². The van der Waals surface area contributed by atoms with Crippen LogP contribution in [-0.4, -0.2) is 72.1 Å². The summed E-state index contributed by atoms with van der Waals surface area (Å²) in [7, 11) is 0. The third kappa shape index (κ3) is 11.5. The van der Waals surface area contributed by atoms with Gasteiger partial charge in [0.2, 0.25) is 13.5 Å². The molecule has 1 fully saturated rings. The lowest BCUT2D eigenvalue weighted by Gasteiger charge is -2.47. The van der Waals surface area contributed by atoms with Gasteiger partial charge in [-0.3, -0.25) is 4.79 Å². The van der Waals surface area contributed by atoms with Crippen molar-refractivity contribution >= 4 is 128 Å². The van der Waals surface area contributed by atoms with Gasteiger partial charge in [0.05, 0.1) is 11.9 Å². The number of carbonyl (C=O) groups is 3. The maximum atomic E-state index is 12.6. The number of thiocarbonyl (C=S) groups is 1. The average Bonchev–Trinajstić information content (AvgIpc) is 2.60. The Morgan fingerprint density at radius 1 is 1.10 bits per heavy atom. The molecular formula is C14H15Cl6NO7S3. The number of alkyl halides is 6. The van der Waals surface area contributed by atoms with Gasteiger partial charge in [-0.2, -0.15) is 0 Å². The van der Waals surface area contributed by atoms with E-state index in [2.05, 4.69) is 22.1 Å². The maximum absolute atomic E-state index is 12.6. The SMILES string of the molecule is CC(OC(=O)OCC(Cl)(Cl)Cl)C1C(=O)N(CCOC(=O)OCC(Cl)(Cl)Cl)C1SC(=S)S. The third-order valence-electron chi connectivity index (χ3n) is 3.45. The lowest BCUT2D eigenvalue weighted by atomic mass is 9.92. The van der Waals surface area contributed by atoms with Gasteiger partial charge in [-0.25, -0.2) is 9.59 Å². The summed E-state index contributed by atoms with van der Waals surface area (Å²) in [6.45, 7) is 0.274. The lowest BCUT2D eigenvalue weighted by Crippen LogP contribution is -2.64. The van der Waals surface area contributed by atoms with E-state index in [9.17, 15) is 14.4 Å². The van der Waals surface area contributed by atoms with Gasteiger partial charge in [0.25, 0.3) is 0 Å². The molecule has 0 aromatic carbocycles. The molecule has 31 heavy (non-hydrogen) atoms. The van der Waals surface area contributed by atoms with E-state index >= 15 is 0 Å². The first kappa shape index (κ1) is 29.6. The molecule has 3 atom stereocenters. The summed E-state index contributed by atoms with van der Waals surface area (Å²) in [6, 6.07) is 0. The number of halogens is 6. The number of thioether (sulfide) groups is 1. The molecule has 0 spiro atoms. The summed E-state index contributed by atoms with van der Waals surface area (Å²) < 4.78 is 15.9. The van der Waals surface area contributed by atoms with Crippen molar-refractivity contribution in [2.75, 3.05) is 26.4 Å². The standard InChI is InChI=1S/C14H15Cl6NO7S3/c1-6(28-11(24)27-5-14(18,19)20)7-8(22)21(9(7)31-12(29)30)2-3-25-10(23)26-4-13(15,16)17/h6-7,9H,2-5H2,1H3,(H,29,30). The molecule has 0 N–H and O–H groups in total. The summed E-state index contributed by atoms with van der Waals surface area (Å²) in [5.41, 5.74) is 0. The molecule has 17 heteroatoms. The van der Waals surface area contributed by atoms with Gasteiger partial charge in [0, 0.05) is 0 Å². The zero-order valence-electron chi connectivity index (χ0n) is 15.4. The minimum absolute atomic E-state index is 0.0106. The van der Waals surface area contributed by atoms with Gasteiger partial charge >= 0.3 is 12.3 Å². The fraction of sp³-hybridized carbons (Fsp3) is 0.714. The number of likely N-dealkylation sites (tertiary alicyclic amines) is 1. The van der Waals surface area contributed by atoms with Gasteiger partial charge in [0.1, 0.15) is 35.4 Å². The Kier molecular flexibility index (Phi) is 12.3. The number of amides is 1. The summed E-state index contributed by atoms with van der Waals surface area (Å²) >= 11 is 43.0. The van der Waals surface area contributed by atoms with Crippen LogP contribution in [0.2, 0.25) is 0 Å². The Hall–Kier alpha value is 0.540. The highest BCUT2D eigenvalue weighted by atomic mass is 35.6. The van der Waals surface area contributed by atoms with Crippen LogP contribution in [-0.2, 0) is 23.7 Å². The van der Waals surface area contributed by atoms with Crippen molar-refractivity contribution in [1.29, 1.82) is 0 Å². The fourth-order valence-corrected chi connectivity index (χ4v) is 4.25. The van der Waals surface area contributed by atoms with Crippen LogP contribution in [0.4, 0.5) is 9.59 Å². The van der Waals surface area contributed by atoms with Gasteiger partial charge in [-0.15, -0.1) is 12.6 Å². The molecule has 1 heterocycles. The quantitative estimate of drug-likeness (QED) is 0.130. The molecule has 1 aliphatic heterocycles. The highest BCUT2D eigenvalue weighted by Gasteiger charge is 2.52. The van der Waals surface area contributed by atoms with Crippen molar-refractivity contribution < 1.29 is 33.3 Å². The molecule has 0 bridgehead atoms. The first-order valence-corrected chi connectivity index (χ1v) is 12.1. The third-order valence-corrected chi connectivity index (χ3v) is 5.70. The van der Waals surface area contributed by atoms with Crippen LogP contribution in [0, 0.1) is 5.92 Å². The smallest absolute Gasteiger partial charge is 0.432 e. The van der Waals surface area contributed by atoms with Gasteiger partial charge in [-0.1, -0.05) is 93.6 Å². The van der Waals surface area contributed by atoms with E-state index in [-0.39, 0.29) is 22.6 Å². The molecule has 3 unspecified atom stereocenters. The van der Waals surface area contributed by atoms with E-state index in [1.54, 1.807) is 0 Å². The first-order chi connectivity index (χ1) is 14.1. The van der Waals surface area contributed by atoms with Crippen molar-refractivity contribution in [1.82, 2.24) is 4.90 Å². The summed E-state index contributed by atoms with van der Waals surface area (Å²) in [4.78, 5) is 37.2. The van der Waals surface area contributed by atoms with E-state index in [0.717, 1.165) is 11.8 Å². The predicted octanol–water partition coefficient (Wildman–Crippen LogP) is 5.15. The number of β-lactam (4-membered cyclic amide) rings is 1. The van der Waals surface area contributed by atoms with Crippen LogP contribution in [0.1, 0.15) is 6.92 Å². The van der Waals surface area contributed by atoms with Crippen LogP contribution in [0.25, 0.3) is 0 Å². The maximum Gasteiger partial charge on any atom is 0.508 e. The number of carbonyl (C=O) groups excluding carboxylic acids is 3. The Labute approximate surface area is 223 Å². The molecule has 0 saturated carbocycles. The molecule has 0 aromatic heterocycles. The number of thiol groups is 1. The van der Waals surface area contributed by atoms with Crippen molar-refractivity contribution in [3.63, 3.8) is 0 Å². The second kappa shape index (κ2) is 12.9. The van der Waals surface area contributed by atoms with Gasteiger partial charge in [-0.05, 0) is 6.92 Å². The predicted molar refractivity (Wildman–Crippen MR) is 128 cm³/mol. The normalized spacial score (nSPS) is 19.9. The zero-order valence-corrected chi connectivity index (χ0v) is 22.5. The van der Waals surface area contributed by atoms with E-state index in [1.165, 1.54) is 11.8 Å². The van der Waals surface area contributed by atoms with Crippen LogP contribution < -0.4 is 0 Å².